The first-order valence-electron chi connectivity index (χ1n) is 5.37. The van der Waals surface area contributed by atoms with Gasteiger partial charge in [-0.2, -0.15) is 0 Å². The van der Waals surface area contributed by atoms with Crippen molar-refractivity contribution >= 4 is 7.60 Å². The summed E-state index contributed by atoms with van der Waals surface area (Å²) in [5, 5.41) is -1.68. The van der Waals surface area contributed by atoms with Crippen molar-refractivity contribution in [1.82, 2.24) is 0 Å². The summed E-state index contributed by atoms with van der Waals surface area (Å²) >= 11 is 0. The molecule has 0 aromatic carbocycles. The van der Waals surface area contributed by atoms with Gasteiger partial charge in [-0.1, -0.05) is 20.3 Å². The zero-order chi connectivity index (χ0) is 13.2. The molecule has 2 N–H and O–H groups in total. The summed E-state index contributed by atoms with van der Waals surface area (Å²) in [5.41, 5.74) is 0. The van der Waals surface area contributed by atoms with Crippen LogP contribution < -0.4 is 0 Å². The van der Waals surface area contributed by atoms with Gasteiger partial charge in [-0.25, -0.2) is 8.78 Å². The van der Waals surface area contributed by atoms with Crippen LogP contribution in [0, 0.1) is 5.92 Å². The molecule has 98 valence electrons. The summed E-state index contributed by atoms with van der Waals surface area (Å²) in [6, 6.07) is 0. The Morgan fingerprint density at radius 2 is 1.75 bits per heavy atom. The van der Waals surface area contributed by atoms with Crippen molar-refractivity contribution in [1.29, 1.82) is 0 Å². The lowest BCUT2D eigenvalue weighted by Gasteiger charge is -2.33. The van der Waals surface area contributed by atoms with Gasteiger partial charge in [-0.05, 0) is 20.3 Å². The number of halogens is 2. The average molecular weight is 258 g/mol. The molecule has 0 unspecified atom stereocenters. The number of hydrogen-bond acceptors (Lipinski definition) is 1. The Hall–Kier alpha value is 0.01000. The van der Waals surface area contributed by atoms with Gasteiger partial charge < -0.3 is 9.79 Å². The van der Waals surface area contributed by atoms with Crippen LogP contribution >= 0.6 is 7.60 Å². The Bertz CT molecular complexity index is 273. The summed E-state index contributed by atoms with van der Waals surface area (Å²) in [6.07, 6.45) is 0.197. The largest absolute Gasteiger partial charge is 0.331 e. The van der Waals surface area contributed by atoms with E-state index in [2.05, 4.69) is 0 Å². The van der Waals surface area contributed by atoms with E-state index in [9.17, 15) is 13.3 Å². The van der Waals surface area contributed by atoms with E-state index in [4.69, 9.17) is 9.79 Å². The van der Waals surface area contributed by atoms with E-state index >= 15 is 0 Å². The first-order chi connectivity index (χ1) is 6.94. The van der Waals surface area contributed by atoms with Gasteiger partial charge in [-0.3, -0.25) is 4.57 Å². The van der Waals surface area contributed by atoms with E-state index in [0.717, 1.165) is 0 Å². The van der Waals surface area contributed by atoms with E-state index < -0.39 is 31.0 Å². The second-order valence-corrected chi connectivity index (χ2v) is 7.28. The highest BCUT2D eigenvalue weighted by atomic mass is 31.2. The lowest BCUT2D eigenvalue weighted by atomic mass is 9.91. The smallest absolute Gasteiger partial charge is 0.324 e. The first-order valence-corrected chi connectivity index (χ1v) is 6.98. The molecule has 0 aliphatic heterocycles. The predicted octanol–water partition coefficient (Wildman–Crippen LogP) is 3.40. The molecule has 0 aliphatic carbocycles. The van der Waals surface area contributed by atoms with E-state index in [1.54, 1.807) is 6.92 Å². The second-order valence-electron chi connectivity index (χ2n) is 4.98. The monoisotopic (exact) mass is 258 g/mol. The van der Waals surface area contributed by atoms with Gasteiger partial charge >= 0.3 is 7.60 Å². The fraction of sp³-hybridized carbons (Fsp3) is 1.00. The average Bonchev–Trinajstić information content (AvgIpc) is 2.00. The van der Waals surface area contributed by atoms with Crippen LogP contribution in [0.25, 0.3) is 0 Å². The number of alkyl halides is 2. The third-order valence-corrected chi connectivity index (χ3v) is 4.63. The minimum absolute atomic E-state index is 0.351. The van der Waals surface area contributed by atoms with Gasteiger partial charge in [0.25, 0.3) is 5.92 Å². The van der Waals surface area contributed by atoms with Crippen molar-refractivity contribution in [2.75, 3.05) is 0 Å². The van der Waals surface area contributed by atoms with Gasteiger partial charge in [0.15, 0.2) is 0 Å². The zero-order valence-electron chi connectivity index (χ0n) is 10.2. The van der Waals surface area contributed by atoms with E-state index in [1.807, 2.05) is 0 Å². The SMILES string of the molecule is CCC[C@H](C)C(F)(F)CC(C)(C)P(=O)(O)O. The zero-order valence-corrected chi connectivity index (χ0v) is 11.1. The molecule has 0 rings (SSSR count). The quantitative estimate of drug-likeness (QED) is 0.718. The molecule has 0 aliphatic rings. The lowest BCUT2D eigenvalue weighted by Crippen LogP contribution is -2.36. The number of rotatable bonds is 6. The summed E-state index contributed by atoms with van der Waals surface area (Å²) in [4.78, 5) is 18.0. The van der Waals surface area contributed by atoms with Crippen LogP contribution in [0.3, 0.4) is 0 Å². The Labute approximate surface area is 95.4 Å². The maximum Gasteiger partial charge on any atom is 0.331 e. The molecule has 0 radical (unpaired) electrons. The van der Waals surface area contributed by atoms with Crippen molar-refractivity contribution in [2.24, 2.45) is 5.92 Å². The second kappa shape index (κ2) is 5.11. The van der Waals surface area contributed by atoms with E-state index in [0.29, 0.717) is 12.8 Å². The van der Waals surface area contributed by atoms with Gasteiger partial charge in [0.05, 0.1) is 5.16 Å². The first kappa shape index (κ1) is 16.0. The molecule has 0 aromatic rings. The van der Waals surface area contributed by atoms with E-state index in [-0.39, 0.29) is 0 Å². The standard InChI is InChI=1S/C10H21F2O3P/c1-5-6-8(2)10(11,12)7-9(3,4)16(13,14)15/h8H,5-7H2,1-4H3,(H2,13,14,15)/t8-/m0/s1. The van der Waals surface area contributed by atoms with Crippen LogP contribution in [0.2, 0.25) is 0 Å². The summed E-state index contributed by atoms with van der Waals surface area (Å²) in [7, 11) is -4.50. The molecule has 0 amide bonds. The fourth-order valence-electron chi connectivity index (χ4n) is 1.50. The summed E-state index contributed by atoms with van der Waals surface area (Å²) in [6.45, 7) is 5.58. The van der Waals surface area contributed by atoms with Crippen LogP contribution in [-0.2, 0) is 4.57 Å². The van der Waals surface area contributed by atoms with Crippen molar-refractivity contribution in [2.45, 2.75) is 58.0 Å². The van der Waals surface area contributed by atoms with Crippen LogP contribution in [0.1, 0.15) is 47.0 Å². The van der Waals surface area contributed by atoms with Gasteiger partial charge in [0.1, 0.15) is 0 Å². The highest BCUT2D eigenvalue weighted by molar-refractivity contribution is 7.53. The summed E-state index contributed by atoms with van der Waals surface area (Å²) < 4.78 is 38.4. The van der Waals surface area contributed by atoms with E-state index in [1.165, 1.54) is 20.8 Å². The molecule has 0 heterocycles. The molecule has 0 fully saturated rings. The molecule has 16 heavy (non-hydrogen) atoms. The molecule has 0 aromatic heterocycles. The third kappa shape index (κ3) is 4.11. The Balaban J connectivity index is 4.76. The lowest BCUT2D eigenvalue weighted by molar-refractivity contribution is -0.0695. The molecule has 0 saturated heterocycles. The third-order valence-electron chi connectivity index (χ3n) is 2.90. The maximum atomic E-state index is 13.7. The topological polar surface area (TPSA) is 57.5 Å². The van der Waals surface area contributed by atoms with Crippen LogP contribution in [-0.4, -0.2) is 20.9 Å². The molecule has 6 heteroatoms. The molecule has 1 atom stereocenters. The normalized spacial score (nSPS) is 16.2. The van der Waals surface area contributed by atoms with Crippen molar-refractivity contribution < 1.29 is 23.1 Å². The molecule has 0 bridgehead atoms. The molecular weight excluding hydrogens is 237 g/mol. The van der Waals surface area contributed by atoms with Crippen molar-refractivity contribution in [3.63, 3.8) is 0 Å². The van der Waals surface area contributed by atoms with Crippen LogP contribution in [0.5, 0.6) is 0 Å². The molecular formula is C10H21F2O3P. The molecule has 0 saturated carbocycles. The Morgan fingerprint density at radius 3 is 2.06 bits per heavy atom. The Morgan fingerprint density at radius 1 is 1.31 bits per heavy atom. The van der Waals surface area contributed by atoms with Crippen molar-refractivity contribution in [3.8, 4) is 0 Å². The summed E-state index contributed by atoms with van der Waals surface area (Å²) in [5.74, 6) is -3.90. The predicted molar refractivity (Wildman–Crippen MR) is 59.8 cm³/mol. The van der Waals surface area contributed by atoms with Gasteiger partial charge in [0, 0.05) is 12.3 Å². The van der Waals surface area contributed by atoms with Crippen molar-refractivity contribution in [3.05, 3.63) is 0 Å². The Kier molecular flexibility index (Phi) is 5.11. The molecule has 3 nitrogen and oxygen atoms in total. The van der Waals surface area contributed by atoms with Gasteiger partial charge in [-0.15, -0.1) is 0 Å². The van der Waals surface area contributed by atoms with Crippen LogP contribution in [0.15, 0.2) is 0 Å². The fourth-order valence-corrected chi connectivity index (χ4v) is 1.91. The molecule has 0 spiro atoms. The van der Waals surface area contributed by atoms with Crippen LogP contribution in [0.4, 0.5) is 8.78 Å². The minimum atomic E-state index is -4.50. The minimum Gasteiger partial charge on any atom is -0.324 e. The van der Waals surface area contributed by atoms with Gasteiger partial charge in [0.2, 0.25) is 0 Å². The highest BCUT2D eigenvalue weighted by Gasteiger charge is 2.48. The maximum absolute atomic E-state index is 13.7. The number of hydrogen-bond donors (Lipinski definition) is 2. The highest BCUT2D eigenvalue weighted by Crippen LogP contribution is 2.55.